The predicted molar refractivity (Wildman–Crippen MR) is 166 cm³/mol. The molecule has 0 spiro atoms. The normalized spacial score (nSPS) is 21.1. The lowest BCUT2D eigenvalue weighted by molar-refractivity contribution is -0.135. The van der Waals surface area contributed by atoms with Crippen molar-refractivity contribution in [2.45, 2.75) is 63.5 Å². The van der Waals surface area contributed by atoms with E-state index >= 15 is 0 Å². The second-order valence-electron chi connectivity index (χ2n) is 12.2. The molecule has 0 aromatic heterocycles. The van der Waals surface area contributed by atoms with Gasteiger partial charge in [0.25, 0.3) is 0 Å². The Kier molecular flexibility index (Phi) is 11.3. The van der Waals surface area contributed by atoms with E-state index in [0.29, 0.717) is 24.6 Å². The number of amides is 2. The Hall–Kier alpha value is -3.23. The van der Waals surface area contributed by atoms with Crippen LogP contribution in [0.4, 0.5) is 0 Å². The highest BCUT2D eigenvalue weighted by molar-refractivity contribution is 5.97. The molecule has 2 aromatic carbocycles. The summed E-state index contributed by atoms with van der Waals surface area (Å²) in [6.45, 7) is 3.39. The molecule has 0 unspecified atom stereocenters. The van der Waals surface area contributed by atoms with E-state index in [1.807, 2.05) is 59.5 Å². The first-order valence-corrected chi connectivity index (χ1v) is 15.2. The fraction of sp³-hybridized carbons (Fsp3) is 0.545. The molecule has 8 nitrogen and oxygen atoms in total. The molecule has 2 amide bonds. The Morgan fingerprint density at radius 3 is 2.17 bits per heavy atom. The van der Waals surface area contributed by atoms with E-state index < -0.39 is 12.1 Å². The summed E-state index contributed by atoms with van der Waals surface area (Å²) in [5.74, 6) is 1.58. The van der Waals surface area contributed by atoms with Crippen molar-refractivity contribution < 1.29 is 9.59 Å². The van der Waals surface area contributed by atoms with E-state index in [-0.39, 0.29) is 11.8 Å². The molecule has 2 atom stereocenters. The number of nitrogens with two attached hydrogens (primary N) is 2. The third-order valence-electron chi connectivity index (χ3n) is 8.47. The Morgan fingerprint density at radius 1 is 0.927 bits per heavy atom. The topological polar surface area (TPSA) is 117 Å². The summed E-state index contributed by atoms with van der Waals surface area (Å²) < 4.78 is 0. The number of carbonyl (C=O) groups excluding carboxylic acids is 2. The van der Waals surface area contributed by atoms with Gasteiger partial charge in [0.05, 0.1) is 6.04 Å². The van der Waals surface area contributed by atoms with Crippen molar-refractivity contribution in [1.82, 2.24) is 15.1 Å². The first-order chi connectivity index (χ1) is 19.8. The fourth-order valence-corrected chi connectivity index (χ4v) is 6.08. The van der Waals surface area contributed by atoms with Crippen LogP contribution in [0.15, 0.2) is 59.6 Å². The van der Waals surface area contributed by atoms with Gasteiger partial charge < -0.3 is 26.6 Å². The van der Waals surface area contributed by atoms with Crippen molar-refractivity contribution in [2.24, 2.45) is 28.3 Å². The van der Waals surface area contributed by atoms with Gasteiger partial charge >= 0.3 is 0 Å². The number of hydrogen-bond donors (Lipinski definition) is 3. The largest absolute Gasteiger partial charge is 0.384 e. The van der Waals surface area contributed by atoms with Crippen LogP contribution in [0.2, 0.25) is 0 Å². The molecular formula is C33H48N6O2. The number of rotatable bonds is 12. The summed E-state index contributed by atoms with van der Waals surface area (Å²) in [5.41, 5.74) is 15.4. The zero-order valence-corrected chi connectivity index (χ0v) is 24.8. The van der Waals surface area contributed by atoms with Crippen LogP contribution in [0.5, 0.6) is 0 Å². The molecule has 2 aliphatic rings. The molecule has 4 rings (SSSR count). The number of amidine groups is 1. The lowest BCUT2D eigenvalue weighted by Gasteiger charge is -2.29. The first kappa shape index (κ1) is 30.7. The molecule has 2 fully saturated rings. The van der Waals surface area contributed by atoms with Crippen LogP contribution in [-0.4, -0.2) is 79.8 Å². The summed E-state index contributed by atoms with van der Waals surface area (Å²) in [7, 11) is 4.29. The summed E-state index contributed by atoms with van der Waals surface area (Å²) in [6, 6.07) is 16.2. The molecule has 8 heteroatoms. The minimum Gasteiger partial charge on any atom is -0.384 e. The van der Waals surface area contributed by atoms with Crippen LogP contribution in [-0.2, 0) is 22.4 Å². The summed E-state index contributed by atoms with van der Waals surface area (Å²) in [4.78, 5) is 35.3. The third kappa shape index (κ3) is 9.40. The summed E-state index contributed by atoms with van der Waals surface area (Å²) in [5, 5.41) is 2.96. The first-order valence-electron chi connectivity index (χ1n) is 15.2. The molecule has 1 aliphatic heterocycles. The number of benzene rings is 2. The Labute approximate surface area is 245 Å². The molecule has 1 aliphatic carbocycles. The van der Waals surface area contributed by atoms with Gasteiger partial charge in [0, 0.05) is 38.2 Å². The highest BCUT2D eigenvalue weighted by Crippen LogP contribution is 2.29. The van der Waals surface area contributed by atoms with Gasteiger partial charge in [-0.3, -0.25) is 14.6 Å². The van der Waals surface area contributed by atoms with E-state index in [2.05, 4.69) is 24.3 Å². The molecule has 0 radical (unpaired) electrons. The van der Waals surface area contributed by atoms with Gasteiger partial charge in [-0.25, -0.2) is 0 Å². The zero-order valence-electron chi connectivity index (χ0n) is 24.8. The zero-order chi connectivity index (χ0) is 29.2. The van der Waals surface area contributed by atoms with E-state index in [1.54, 1.807) is 0 Å². The molecule has 5 N–H and O–H groups in total. The lowest BCUT2D eigenvalue weighted by atomic mass is 9.82. The minimum absolute atomic E-state index is 0.0479. The van der Waals surface area contributed by atoms with Crippen LogP contribution in [0.25, 0.3) is 0 Å². The summed E-state index contributed by atoms with van der Waals surface area (Å²) in [6.07, 6.45) is 7.74. The number of nitrogens with one attached hydrogen (secondary N) is 1. The molecule has 222 valence electrons. The van der Waals surface area contributed by atoms with E-state index in [0.717, 1.165) is 55.1 Å². The van der Waals surface area contributed by atoms with Crippen molar-refractivity contribution in [1.29, 1.82) is 0 Å². The minimum atomic E-state index is -0.729. The van der Waals surface area contributed by atoms with Crippen molar-refractivity contribution in [3.63, 3.8) is 0 Å². The van der Waals surface area contributed by atoms with Crippen molar-refractivity contribution in [3.8, 4) is 0 Å². The maximum atomic E-state index is 13.4. The van der Waals surface area contributed by atoms with Crippen LogP contribution in [0.3, 0.4) is 0 Å². The van der Waals surface area contributed by atoms with Crippen molar-refractivity contribution in [3.05, 3.63) is 71.3 Å². The van der Waals surface area contributed by atoms with Gasteiger partial charge in [-0.15, -0.1) is 0 Å². The van der Waals surface area contributed by atoms with E-state index in [9.17, 15) is 9.59 Å². The van der Waals surface area contributed by atoms with Crippen LogP contribution in [0, 0.1) is 11.8 Å². The maximum absolute atomic E-state index is 13.4. The Bertz CT molecular complexity index is 1140. The molecule has 1 heterocycles. The molecule has 2 aromatic rings. The molecule has 0 bridgehead atoms. The molecule has 1 saturated carbocycles. The van der Waals surface area contributed by atoms with Gasteiger partial charge in [0.15, 0.2) is 0 Å². The van der Waals surface area contributed by atoms with Crippen molar-refractivity contribution in [2.75, 3.05) is 40.3 Å². The molecule has 1 saturated heterocycles. The van der Waals surface area contributed by atoms with Crippen LogP contribution >= 0.6 is 0 Å². The third-order valence-corrected chi connectivity index (χ3v) is 8.47. The van der Waals surface area contributed by atoms with E-state index in [1.165, 1.54) is 32.2 Å². The molecule has 41 heavy (non-hydrogen) atoms. The van der Waals surface area contributed by atoms with Gasteiger partial charge in [0.1, 0.15) is 11.9 Å². The van der Waals surface area contributed by atoms with Gasteiger partial charge in [-0.05, 0) is 82.0 Å². The van der Waals surface area contributed by atoms with Gasteiger partial charge in [-0.1, -0.05) is 54.6 Å². The standard InChI is InChI=1S/C33H48N6O2/c1-38(2)23-27-12-10-26(11-13-27)22-36-31(35)28-16-14-25(15-17-28)21-30(33(41)39-18-6-7-19-39)37-32(40)29(34)20-24-8-4-3-5-9-24/h3-5,8-9,14-17,26-27,29-30H,6-7,10-13,18-23,34H2,1-2H3,(H2,35,36)(H,37,40)/t26?,27?,29-,30-/m1/s1. The smallest absolute Gasteiger partial charge is 0.245 e. The van der Waals surface area contributed by atoms with Crippen LogP contribution in [0.1, 0.15) is 55.2 Å². The molecular weight excluding hydrogens is 512 g/mol. The number of carbonyl (C=O) groups is 2. The quantitative estimate of drug-likeness (QED) is 0.273. The SMILES string of the molecule is CN(C)CC1CCC(CN=C(N)c2ccc(C[C@@H](NC(=O)[C@H](N)Cc3ccccc3)C(=O)N3CCCC3)cc2)CC1. The number of aliphatic imine (C=N–C) groups is 1. The van der Waals surface area contributed by atoms with Crippen molar-refractivity contribution >= 4 is 17.6 Å². The highest BCUT2D eigenvalue weighted by Gasteiger charge is 2.29. The van der Waals surface area contributed by atoms with E-state index in [4.69, 9.17) is 16.5 Å². The second kappa shape index (κ2) is 15.1. The monoisotopic (exact) mass is 560 g/mol. The Morgan fingerprint density at radius 2 is 1.54 bits per heavy atom. The predicted octanol–water partition coefficient (Wildman–Crippen LogP) is 2.98. The number of likely N-dealkylation sites (tertiary alicyclic amines) is 1. The number of hydrogen-bond acceptors (Lipinski definition) is 5. The highest BCUT2D eigenvalue weighted by atomic mass is 16.2. The van der Waals surface area contributed by atoms with Gasteiger partial charge in [-0.2, -0.15) is 0 Å². The fourth-order valence-electron chi connectivity index (χ4n) is 6.08. The maximum Gasteiger partial charge on any atom is 0.245 e. The summed E-state index contributed by atoms with van der Waals surface area (Å²) >= 11 is 0. The van der Waals surface area contributed by atoms with Crippen LogP contribution < -0.4 is 16.8 Å². The van der Waals surface area contributed by atoms with Gasteiger partial charge in [0.2, 0.25) is 11.8 Å². The Balaban J connectivity index is 1.34. The second-order valence-corrected chi connectivity index (χ2v) is 12.2. The number of nitrogens with zero attached hydrogens (tertiary/aromatic N) is 3. The average Bonchev–Trinajstić information content (AvgIpc) is 3.52. The lowest BCUT2D eigenvalue weighted by Crippen LogP contribution is -2.53. The average molecular weight is 561 g/mol.